The Morgan fingerprint density at radius 2 is 0.895 bits per heavy atom. The SMILES string of the molecule is c1ccc(-c2ccc(-c3nc4ccc5sc6ccc(-c7ccc(N(c8ccc(-c9ccccc9)cc8)c8ccc9ccccc9c8)cc7)cc6c5c4o3)cc2)cc1. The van der Waals surface area contributed by atoms with Crippen LogP contribution in [0.25, 0.3) is 86.9 Å². The zero-order valence-electron chi connectivity index (χ0n) is 30.8. The number of fused-ring (bicyclic) bond motifs is 6. The molecule has 11 rings (SSSR count). The van der Waals surface area contributed by atoms with E-state index in [0.29, 0.717) is 5.89 Å². The van der Waals surface area contributed by atoms with Crippen molar-refractivity contribution < 1.29 is 4.42 Å². The lowest BCUT2D eigenvalue weighted by Crippen LogP contribution is -2.09. The van der Waals surface area contributed by atoms with Gasteiger partial charge in [-0.2, -0.15) is 0 Å². The van der Waals surface area contributed by atoms with E-state index in [1.807, 2.05) is 6.07 Å². The largest absolute Gasteiger partial charge is 0.435 e. The molecule has 268 valence electrons. The zero-order valence-corrected chi connectivity index (χ0v) is 31.7. The molecule has 0 spiro atoms. The van der Waals surface area contributed by atoms with Crippen molar-refractivity contribution in [1.82, 2.24) is 4.98 Å². The minimum Gasteiger partial charge on any atom is -0.435 e. The van der Waals surface area contributed by atoms with Crippen LogP contribution in [0.5, 0.6) is 0 Å². The van der Waals surface area contributed by atoms with E-state index in [2.05, 4.69) is 205 Å². The number of anilines is 3. The fourth-order valence-corrected chi connectivity index (χ4v) is 9.07. The van der Waals surface area contributed by atoms with Crippen molar-refractivity contribution in [1.29, 1.82) is 0 Å². The van der Waals surface area contributed by atoms with Gasteiger partial charge in [0.2, 0.25) is 5.89 Å². The van der Waals surface area contributed by atoms with Crippen LogP contribution in [-0.4, -0.2) is 4.98 Å². The minimum absolute atomic E-state index is 0.633. The maximum atomic E-state index is 6.60. The maximum absolute atomic E-state index is 6.60. The van der Waals surface area contributed by atoms with Gasteiger partial charge in [-0.1, -0.05) is 133 Å². The summed E-state index contributed by atoms with van der Waals surface area (Å²) in [6.07, 6.45) is 0. The molecule has 4 heteroatoms. The van der Waals surface area contributed by atoms with E-state index >= 15 is 0 Å². The first-order chi connectivity index (χ1) is 28.2. The van der Waals surface area contributed by atoms with Gasteiger partial charge in [0.25, 0.3) is 0 Å². The molecule has 2 heterocycles. The van der Waals surface area contributed by atoms with Gasteiger partial charge in [0.15, 0.2) is 5.58 Å². The second kappa shape index (κ2) is 13.8. The smallest absolute Gasteiger partial charge is 0.227 e. The third-order valence-electron chi connectivity index (χ3n) is 10.9. The molecule has 0 atom stereocenters. The van der Waals surface area contributed by atoms with E-state index in [1.165, 1.54) is 47.8 Å². The van der Waals surface area contributed by atoms with Gasteiger partial charge in [-0.25, -0.2) is 4.98 Å². The Morgan fingerprint density at radius 1 is 0.386 bits per heavy atom. The second-order valence-electron chi connectivity index (χ2n) is 14.4. The molecule has 0 aliphatic rings. The van der Waals surface area contributed by atoms with Crippen LogP contribution < -0.4 is 4.90 Å². The lowest BCUT2D eigenvalue weighted by Gasteiger charge is -2.26. The number of hydrogen-bond acceptors (Lipinski definition) is 4. The van der Waals surface area contributed by atoms with E-state index in [0.717, 1.165) is 50.2 Å². The molecule has 0 N–H and O–H groups in total. The molecule has 0 radical (unpaired) electrons. The second-order valence-corrected chi connectivity index (χ2v) is 15.5. The van der Waals surface area contributed by atoms with Gasteiger partial charge in [0.05, 0.1) is 0 Å². The van der Waals surface area contributed by atoms with Crippen molar-refractivity contribution in [2.75, 3.05) is 4.90 Å². The lowest BCUT2D eigenvalue weighted by molar-refractivity contribution is 0.623. The van der Waals surface area contributed by atoms with Crippen molar-refractivity contribution in [2.45, 2.75) is 0 Å². The summed E-state index contributed by atoms with van der Waals surface area (Å²) in [5.41, 5.74) is 13.0. The van der Waals surface area contributed by atoms with Crippen molar-refractivity contribution in [3.05, 3.63) is 206 Å². The van der Waals surface area contributed by atoms with E-state index in [9.17, 15) is 0 Å². The Bertz CT molecular complexity index is 3200. The van der Waals surface area contributed by atoms with Crippen LogP contribution in [0.15, 0.2) is 211 Å². The molecular formula is C53H34N2OS. The number of nitrogens with zero attached hydrogens (tertiary/aromatic N) is 2. The molecule has 2 aromatic heterocycles. The maximum Gasteiger partial charge on any atom is 0.227 e. The molecule has 0 aliphatic carbocycles. The van der Waals surface area contributed by atoms with Crippen LogP contribution in [0.2, 0.25) is 0 Å². The van der Waals surface area contributed by atoms with Crippen LogP contribution in [0.3, 0.4) is 0 Å². The molecule has 9 aromatic carbocycles. The summed E-state index contributed by atoms with van der Waals surface area (Å²) in [4.78, 5) is 7.29. The van der Waals surface area contributed by atoms with E-state index in [4.69, 9.17) is 9.40 Å². The third kappa shape index (κ3) is 6.04. The summed E-state index contributed by atoms with van der Waals surface area (Å²) < 4.78 is 9.02. The number of rotatable bonds is 7. The first-order valence-corrected chi connectivity index (χ1v) is 20.0. The highest BCUT2D eigenvalue weighted by Gasteiger charge is 2.18. The molecule has 0 amide bonds. The highest BCUT2D eigenvalue weighted by atomic mass is 32.1. The molecule has 0 aliphatic heterocycles. The predicted molar refractivity (Wildman–Crippen MR) is 241 cm³/mol. The van der Waals surface area contributed by atoms with Crippen molar-refractivity contribution in [2.24, 2.45) is 0 Å². The summed E-state index contributed by atoms with van der Waals surface area (Å²) in [6, 6.07) is 73.5. The van der Waals surface area contributed by atoms with Crippen LogP contribution >= 0.6 is 11.3 Å². The van der Waals surface area contributed by atoms with Gasteiger partial charge in [0, 0.05) is 42.8 Å². The van der Waals surface area contributed by atoms with Crippen molar-refractivity contribution in [3.8, 4) is 44.8 Å². The lowest BCUT2D eigenvalue weighted by atomic mass is 10.0. The van der Waals surface area contributed by atoms with Gasteiger partial charge in [0.1, 0.15) is 5.52 Å². The number of hydrogen-bond donors (Lipinski definition) is 0. The van der Waals surface area contributed by atoms with E-state index in [-0.39, 0.29) is 0 Å². The van der Waals surface area contributed by atoms with Crippen LogP contribution in [0, 0.1) is 0 Å². The Morgan fingerprint density at radius 3 is 1.56 bits per heavy atom. The van der Waals surface area contributed by atoms with Crippen LogP contribution in [0.4, 0.5) is 17.1 Å². The third-order valence-corrected chi connectivity index (χ3v) is 12.0. The summed E-state index contributed by atoms with van der Waals surface area (Å²) in [5, 5.41) is 4.74. The molecule has 0 bridgehead atoms. The zero-order chi connectivity index (χ0) is 37.7. The van der Waals surface area contributed by atoms with Crippen LogP contribution in [0.1, 0.15) is 0 Å². The Labute approximate surface area is 334 Å². The van der Waals surface area contributed by atoms with Crippen molar-refractivity contribution >= 4 is 70.4 Å². The first-order valence-electron chi connectivity index (χ1n) is 19.2. The molecule has 11 aromatic rings. The Balaban J connectivity index is 0.955. The van der Waals surface area contributed by atoms with E-state index in [1.54, 1.807) is 11.3 Å². The minimum atomic E-state index is 0.633. The summed E-state index contributed by atoms with van der Waals surface area (Å²) >= 11 is 1.79. The highest BCUT2D eigenvalue weighted by Crippen LogP contribution is 2.43. The fraction of sp³-hybridized carbons (Fsp3) is 0. The average molecular weight is 747 g/mol. The first kappa shape index (κ1) is 33.1. The normalized spacial score (nSPS) is 11.5. The topological polar surface area (TPSA) is 29.3 Å². The van der Waals surface area contributed by atoms with Gasteiger partial charge in [-0.05, 0) is 117 Å². The fourth-order valence-electron chi connectivity index (χ4n) is 7.99. The molecule has 0 fully saturated rings. The van der Waals surface area contributed by atoms with Gasteiger partial charge < -0.3 is 9.32 Å². The number of benzene rings is 9. The van der Waals surface area contributed by atoms with Gasteiger partial charge in [-0.3, -0.25) is 0 Å². The van der Waals surface area contributed by atoms with Gasteiger partial charge >= 0.3 is 0 Å². The summed E-state index contributed by atoms with van der Waals surface area (Å²) in [6.45, 7) is 0. The Kier molecular flexibility index (Phi) is 8.01. The highest BCUT2D eigenvalue weighted by molar-refractivity contribution is 7.26. The standard InChI is InChI=1S/C53H34N2OS/c1-3-9-35(10-4-1)38-15-17-41(18-16-38)53-54-48-30-32-50-51(52(48)56-53)47-34-43(24-31-49(47)57-50)40-21-27-45(28-22-40)55(46-29-23-37-13-7-8-14-42(37)33-46)44-25-19-39(20-26-44)36-11-5-2-6-12-36/h1-34H. The summed E-state index contributed by atoms with van der Waals surface area (Å²) in [7, 11) is 0. The average Bonchev–Trinajstić information content (AvgIpc) is 3.89. The summed E-state index contributed by atoms with van der Waals surface area (Å²) in [5.74, 6) is 0.633. The number of aromatic nitrogens is 1. The van der Waals surface area contributed by atoms with Crippen LogP contribution in [-0.2, 0) is 0 Å². The molecule has 3 nitrogen and oxygen atoms in total. The van der Waals surface area contributed by atoms with Gasteiger partial charge in [-0.15, -0.1) is 11.3 Å². The van der Waals surface area contributed by atoms with E-state index < -0.39 is 0 Å². The Hall–Kier alpha value is -7.27. The quantitative estimate of drug-likeness (QED) is 0.163. The monoisotopic (exact) mass is 746 g/mol. The molecule has 0 unspecified atom stereocenters. The van der Waals surface area contributed by atoms with Crippen molar-refractivity contribution in [3.63, 3.8) is 0 Å². The number of thiophene rings is 1. The molecule has 57 heavy (non-hydrogen) atoms. The predicted octanol–water partition coefficient (Wildman–Crippen LogP) is 15.5. The molecular weight excluding hydrogens is 713 g/mol. The number of oxazole rings is 1. The molecule has 0 saturated heterocycles. The molecule has 0 saturated carbocycles.